The molecule has 1 unspecified atom stereocenters. The van der Waals surface area contributed by atoms with E-state index in [0.717, 1.165) is 13.0 Å². The molecule has 0 aromatic heterocycles. The summed E-state index contributed by atoms with van der Waals surface area (Å²) in [4.78, 5) is 0. The molecule has 10 heavy (non-hydrogen) atoms. The van der Waals surface area contributed by atoms with Crippen molar-refractivity contribution in [2.24, 2.45) is 0 Å². The van der Waals surface area contributed by atoms with Crippen LogP contribution < -0.4 is 5.32 Å². The van der Waals surface area contributed by atoms with Gasteiger partial charge in [-0.1, -0.05) is 0 Å². The highest BCUT2D eigenvalue weighted by atomic mass is 35.5. The summed E-state index contributed by atoms with van der Waals surface area (Å²) >= 11 is 0. The molecule has 1 rings (SSSR count). The van der Waals surface area contributed by atoms with Crippen LogP contribution in [0.2, 0.25) is 0 Å². The minimum Gasteiger partial charge on any atom is -0.302 e. The van der Waals surface area contributed by atoms with Gasteiger partial charge in [-0.3, -0.25) is 0 Å². The second-order valence-electron chi connectivity index (χ2n) is 2.13. The van der Waals surface area contributed by atoms with E-state index in [4.69, 9.17) is 5.26 Å². The lowest BCUT2D eigenvalue weighted by Crippen LogP contribution is -2.32. The van der Waals surface area contributed by atoms with Gasteiger partial charge in [-0.25, -0.2) is 0 Å². The third-order valence-corrected chi connectivity index (χ3v) is 1.47. The van der Waals surface area contributed by atoms with Crippen molar-refractivity contribution < 1.29 is 0 Å². The third kappa shape index (κ3) is 3.94. The van der Waals surface area contributed by atoms with Crippen LogP contribution in [0, 0.1) is 11.3 Å². The summed E-state index contributed by atoms with van der Waals surface area (Å²) in [5, 5.41) is 11.5. The number of nitrogens with one attached hydrogen (secondary N) is 1. The van der Waals surface area contributed by atoms with E-state index in [0.29, 0.717) is 0 Å². The molecule has 0 aliphatic carbocycles. The molecule has 1 aliphatic heterocycles. The van der Waals surface area contributed by atoms with Gasteiger partial charge in [-0.15, -0.1) is 24.8 Å². The molecule has 1 aliphatic rings. The van der Waals surface area contributed by atoms with E-state index in [2.05, 4.69) is 11.4 Å². The fourth-order valence-corrected chi connectivity index (χ4v) is 0.962. The van der Waals surface area contributed by atoms with Gasteiger partial charge in [0.2, 0.25) is 0 Å². The van der Waals surface area contributed by atoms with Crippen LogP contribution in [0.5, 0.6) is 0 Å². The summed E-state index contributed by atoms with van der Waals surface area (Å²) in [5.74, 6) is 0. The largest absolute Gasteiger partial charge is 0.302 e. The van der Waals surface area contributed by atoms with Crippen molar-refractivity contribution in [1.29, 1.82) is 5.26 Å². The van der Waals surface area contributed by atoms with Crippen LogP contribution in [0.15, 0.2) is 0 Å². The van der Waals surface area contributed by atoms with Gasteiger partial charge in [0.15, 0.2) is 0 Å². The molecule has 60 valence electrons. The molecule has 2 nitrogen and oxygen atoms in total. The second-order valence-corrected chi connectivity index (χ2v) is 2.13. The van der Waals surface area contributed by atoms with Crippen LogP contribution in [0.4, 0.5) is 0 Å². The molecule has 1 fully saturated rings. The molecule has 1 saturated heterocycles. The quantitative estimate of drug-likeness (QED) is 0.617. The van der Waals surface area contributed by atoms with Gasteiger partial charge in [-0.05, 0) is 25.8 Å². The van der Waals surface area contributed by atoms with Gasteiger partial charge in [-0.2, -0.15) is 5.26 Å². The number of rotatable bonds is 0. The van der Waals surface area contributed by atoms with E-state index in [1.54, 1.807) is 0 Å². The van der Waals surface area contributed by atoms with Crippen molar-refractivity contribution in [2.75, 3.05) is 6.54 Å². The third-order valence-electron chi connectivity index (χ3n) is 1.47. The average Bonchev–Trinajstić information content (AvgIpc) is 1.90. The van der Waals surface area contributed by atoms with Crippen LogP contribution in [0.1, 0.15) is 19.3 Å². The molecule has 0 amide bonds. The van der Waals surface area contributed by atoms with Gasteiger partial charge in [0.1, 0.15) is 0 Å². The topological polar surface area (TPSA) is 35.8 Å². The molecule has 0 saturated carbocycles. The number of hydrogen-bond acceptors (Lipinski definition) is 2. The molecule has 4 heteroatoms. The highest BCUT2D eigenvalue weighted by molar-refractivity contribution is 5.85. The Kier molecular flexibility index (Phi) is 9.06. The van der Waals surface area contributed by atoms with Crippen molar-refractivity contribution in [3.05, 3.63) is 0 Å². The average molecular weight is 183 g/mol. The Labute approximate surface area is 73.8 Å². The van der Waals surface area contributed by atoms with Crippen molar-refractivity contribution in [3.63, 3.8) is 0 Å². The smallest absolute Gasteiger partial charge is 0.0953 e. The summed E-state index contributed by atoms with van der Waals surface area (Å²) in [5.41, 5.74) is 0. The Morgan fingerprint density at radius 3 is 2.30 bits per heavy atom. The number of nitriles is 1. The number of nitrogens with zero attached hydrogens (tertiary/aromatic N) is 1. The number of hydrogen-bond donors (Lipinski definition) is 1. The van der Waals surface area contributed by atoms with Crippen LogP contribution in [-0.2, 0) is 0 Å². The molecule has 0 radical (unpaired) electrons. The van der Waals surface area contributed by atoms with Crippen molar-refractivity contribution >= 4 is 24.8 Å². The molecule has 0 bridgehead atoms. The summed E-state index contributed by atoms with van der Waals surface area (Å²) in [6.07, 6.45) is 3.49. The lowest BCUT2D eigenvalue weighted by Gasteiger charge is -2.15. The summed E-state index contributed by atoms with van der Waals surface area (Å²) in [7, 11) is 0. The first-order chi connectivity index (χ1) is 3.93. The summed E-state index contributed by atoms with van der Waals surface area (Å²) in [6.45, 7) is 1.03. The van der Waals surface area contributed by atoms with Crippen molar-refractivity contribution in [3.8, 4) is 6.07 Å². The zero-order valence-electron chi connectivity index (χ0n) is 5.67. The highest BCUT2D eigenvalue weighted by Gasteiger charge is 2.09. The standard InChI is InChI=1S/C6H10N2.2ClH/c7-5-6-3-1-2-4-8-6;;/h6,8H,1-4H2;2*1H. The number of halogens is 2. The molecular weight excluding hydrogens is 171 g/mol. The molecule has 1 atom stereocenters. The predicted octanol–water partition coefficient (Wildman–Crippen LogP) is 1.50. The Morgan fingerprint density at radius 2 is 2.00 bits per heavy atom. The Bertz CT molecular complexity index is 105. The maximum absolute atomic E-state index is 8.38. The lowest BCUT2D eigenvalue weighted by molar-refractivity contribution is 0.461. The maximum Gasteiger partial charge on any atom is 0.0953 e. The minimum atomic E-state index is 0. The second kappa shape index (κ2) is 7.14. The van der Waals surface area contributed by atoms with E-state index < -0.39 is 0 Å². The van der Waals surface area contributed by atoms with Crippen LogP contribution in [-0.4, -0.2) is 12.6 Å². The van der Waals surface area contributed by atoms with Gasteiger partial charge >= 0.3 is 0 Å². The zero-order valence-corrected chi connectivity index (χ0v) is 7.30. The fourth-order valence-electron chi connectivity index (χ4n) is 0.962. The SMILES string of the molecule is Cl.Cl.N#CC1CCCCN1. The number of piperidine rings is 1. The van der Waals surface area contributed by atoms with Crippen molar-refractivity contribution in [1.82, 2.24) is 5.32 Å². The molecule has 0 aromatic rings. The van der Waals surface area contributed by atoms with Crippen LogP contribution in [0.3, 0.4) is 0 Å². The maximum atomic E-state index is 8.38. The first-order valence-corrected chi connectivity index (χ1v) is 3.06. The van der Waals surface area contributed by atoms with E-state index in [9.17, 15) is 0 Å². The Balaban J connectivity index is 0. The van der Waals surface area contributed by atoms with Crippen LogP contribution >= 0.6 is 24.8 Å². The summed E-state index contributed by atoms with van der Waals surface area (Å²) < 4.78 is 0. The van der Waals surface area contributed by atoms with Crippen molar-refractivity contribution in [2.45, 2.75) is 25.3 Å². The summed E-state index contributed by atoms with van der Waals surface area (Å²) in [6, 6.07) is 2.34. The first-order valence-electron chi connectivity index (χ1n) is 3.06. The minimum absolute atomic E-state index is 0. The Hall–Kier alpha value is 0.0300. The van der Waals surface area contributed by atoms with Crippen LogP contribution in [0.25, 0.3) is 0 Å². The normalized spacial score (nSPS) is 23.3. The van der Waals surface area contributed by atoms with Gasteiger partial charge in [0.25, 0.3) is 0 Å². The molecular formula is C6H12Cl2N2. The van der Waals surface area contributed by atoms with Gasteiger partial charge < -0.3 is 5.32 Å². The molecule has 1 heterocycles. The molecule has 1 N–H and O–H groups in total. The fraction of sp³-hybridized carbons (Fsp3) is 0.833. The van der Waals surface area contributed by atoms with E-state index in [-0.39, 0.29) is 30.9 Å². The Morgan fingerprint density at radius 1 is 1.30 bits per heavy atom. The molecule has 0 spiro atoms. The van der Waals surface area contributed by atoms with Gasteiger partial charge in [0, 0.05) is 0 Å². The van der Waals surface area contributed by atoms with E-state index in [1.807, 2.05) is 0 Å². The highest BCUT2D eigenvalue weighted by Crippen LogP contribution is 2.04. The van der Waals surface area contributed by atoms with E-state index >= 15 is 0 Å². The predicted molar refractivity (Wildman–Crippen MR) is 45.8 cm³/mol. The monoisotopic (exact) mass is 182 g/mol. The zero-order chi connectivity index (χ0) is 5.82. The van der Waals surface area contributed by atoms with E-state index in [1.165, 1.54) is 12.8 Å². The van der Waals surface area contributed by atoms with Gasteiger partial charge in [0.05, 0.1) is 12.1 Å². The molecule has 0 aromatic carbocycles. The lowest BCUT2D eigenvalue weighted by atomic mass is 10.1. The first kappa shape index (κ1) is 12.7.